The van der Waals surface area contributed by atoms with E-state index in [0.29, 0.717) is 30.3 Å². The van der Waals surface area contributed by atoms with Crippen molar-refractivity contribution in [3.8, 4) is 5.75 Å². The van der Waals surface area contributed by atoms with Gasteiger partial charge in [-0.05, 0) is 143 Å². The number of esters is 1. The summed E-state index contributed by atoms with van der Waals surface area (Å²) in [7, 11) is -2.17. The number of aromatic nitrogens is 1. The lowest BCUT2D eigenvalue weighted by atomic mass is 9.69. The Kier molecular flexibility index (Phi) is 13.8. The lowest BCUT2D eigenvalue weighted by Gasteiger charge is -2.45. The molecular weight excluding hydrogens is 757 g/mol. The number of nitrogens with one attached hydrogen (secondary N) is 3. The molecule has 4 heterocycles. The van der Waals surface area contributed by atoms with Crippen molar-refractivity contribution in [2.45, 2.75) is 152 Å². The number of carbonyl (C=O) groups is 2. The summed E-state index contributed by atoms with van der Waals surface area (Å²) in [5.41, 5.74) is 2.88. The fourth-order valence-electron chi connectivity index (χ4n) is 10.1. The second-order valence-corrected chi connectivity index (χ2v) is 24.6. The minimum atomic E-state index is -2.17. The van der Waals surface area contributed by atoms with Gasteiger partial charge in [-0.15, -0.1) is 0 Å². The maximum absolute atomic E-state index is 14.0. The van der Waals surface area contributed by atoms with Crippen LogP contribution < -0.4 is 16.2 Å². The fourth-order valence-corrected chi connectivity index (χ4v) is 11.3. The van der Waals surface area contributed by atoms with Crippen LogP contribution in [0.2, 0.25) is 18.1 Å². The van der Waals surface area contributed by atoms with Crippen molar-refractivity contribution in [1.29, 1.82) is 0 Å². The highest BCUT2D eigenvalue weighted by atomic mass is 28.4. The van der Waals surface area contributed by atoms with Crippen LogP contribution in [0.5, 0.6) is 5.75 Å². The summed E-state index contributed by atoms with van der Waals surface area (Å²) in [6.45, 7) is 15.8. The summed E-state index contributed by atoms with van der Waals surface area (Å²) in [6, 6.07) is 15.7. The molecule has 2 aliphatic carbocycles. The van der Waals surface area contributed by atoms with E-state index in [-0.39, 0.29) is 46.5 Å². The predicted octanol–water partition coefficient (Wildman–Crippen LogP) is 8.42. The largest absolute Gasteiger partial charge is 0.506 e. The quantitative estimate of drug-likeness (QED) is 0.0888. The zero-order valence-electron chi connectivity index (χ0n) is 36.4. The Balaban J connectivity index is 0.874. The van der Waals surface area contributed by atoms with Gasteiger partial charge in [0.25, 0.3) is 0 Å². The van der Waals surface area contributed by atoms with E-state index < -0.39 is 13.7 Å². The van der Waals surface area contributed by atoms with E-state index in [9.17, 15) is 19.5 Å². The van der Waals surface area contributed by atoms with E-state index in [1.807, 2.05) is 6.07 Å². The Bertz CT molecular complexity index is 1970. The SMILES string of the molecule is CC(C)(C)[Si](C)(C)O[C@@H](CNCC1CCC(NC(=O)CCCc2cccc(C3(C(=O)OC4CN5CCC4CC5)CCCCC3)c2)CC1)c1ccc(O)c2[nH]c(=O)ccc12. The number of H-pyrrole nitrogens is 1. The van der Waals surface area contributed by atoms with Gasteiger partial charge >= 0.3 is 5.97 Å². The van der Waals surface area contributed by atoms with Crippen molar-refractivity contribution in [2.24, 2.45) is 11.8 Å². The van der Waals surface area contributed by atoms with Gasteiger partial charge in [0.2, 0.25) is 11.5 Å². The van der Waals surface area contributed by atoms with Crippen LogP contribution in [0.1, 0.15) is 127 Å². The number of phenols is 1. The molecule has 3 aromatic rings. The van der Waals surface area contributed by atoms with E-state index in [4.69, 9.17) is 9.16 Å². The Hall–Kier alpha value is -3.51. The first kappa shape index (κ1) is 43.6. The molecule has 8 rings (SSSR count). The van der Waals surface area contributed by atoms with E-state index >= 15 is 0 Å². The second kappa shape index (κ2) is 18.6. The average molecular weight is 827 g/mol. The molecule has 11 heteroatoms. The maximum atomic E-state index is 14.0. The molecular formula is C48H70N4O6Si. The van der Waals surface area contributed by atoms with Crippen LogP contribution in [-0.2, 0) is 30.6 Å². The molecule has 2 aromatic carbocycles. The van der Waals surface area contributed by atoms with Gasteiger partial charge < -0.3 is 29.9 Å². The molecule has 2 bridgehead atoms. The molecule has 4 N–H and O–H groups in total. The fraction of sp³-hybridized carbons (Fsp3) is 0.646. The molecule has 5 fully saturated rings. The molecule has 3 aliphatic heterocycles. The Labute approximate surface area is 352 Å². The molecule has 59 heavy (non-hydrogen) atoms. The summed E-state index contributed by atoms with van der Waals surface area (Å²) in [4.78, 5) is 44.5. The lowest BCUT2D eigenvalue weighted by Crippen LogP contribution is -2.53. The number of piperidine rings is 3. The number of hydrogen-bond donors (Lipinski definition) is 4. The van der Waals surface area contributed by atoms with E-state index in [2.05, 4.69) is 78.6 Å². The highest BCUT2D eigenvalue weighted by Gasteiger charge is 2.46. The van der Waals surface area contributed by atoms with Gasteiger partial charge in [0.05, 0.1) is 17.0 Å². The van der Waals surface area contributed by atoms with E-state index in [1.54, 1.807) is 12.1 Å². The zero-order valence-corrected chi connectivity index (χ0v) is 37.4. The van der Waals surface area contributed by atoms with Crippen LogP contribution in [0.3, 0.4) is 0 Å². The summed E-state index contributed by atoms with van der Waals surface area (Å²) >= 11 is 0. The predicted molar refractivity (Wildman–Crippen MR) is 237 cm³/mol. The lowest BCUT2D eigenvalue weighted by molar-refractivity contribution is -0.167. The summed E-state index contributed by atoms with van der Waals surface area (Å²) < 4.78 is 13.4. The standard InChI is InChI=1S/C48H70N4O6Si/c1-47(2,3)59(4,5)58-41(38-19-21-40(53)45-39(38)20-22-44(55)51-45)31-49-30-34-15-17-37(18-16-34)50-43(54)14-10-12-33-11-9-13-36(29-33)48(25-7-6-8-26-48)46(56)57-42-32-52-27-23-35(42)24-28-52/h9,11,13,19-22,29,34-35,37,41-42,49,53H,6-8,10,12,14-18,23-28,30-32H2,1-5H3,(H,50,54)(H,51,55)/t34?,37?,41-,42?/m0/s1. The number of fused-ring (bicyclic) bond motifs is 4. The van der Waals surface area contributed by atoms with Crippen LogP contribution >= 0.6 is 0 Å². The van der Waals surface area contributed by atoms with Gasteiger partial charge in [-0.2, -0.15) is 0 Å². The first-order valence-electron chi connectivity index (χ1n) is 22.8. The van der Waals surface area contributed by atoms with Crippen molar-refractivity contribution >= 4 is 31.1 Å². The van der Waals surface area contributed by atoms with Gasteiger partial charge in [-0.1, -0.05) is 70.4 Å². The molecule has 1 unspecified atom stereocenters. The van der Waals surface area contributed by atoms with Crippen LogP contribution in [0.4, 0.5) is 0 Å². The number of phenolic OH excluding ortho intramolecular Hbond substituents is 1. The van der Waals surface area contributed by atoms with Crippen LogP contribution in [-0.4, -0.2) is 80.1 Å². The zero-order chi connectivity index (χ0) is 41.8. The van der Waals surface area contributed by atoms with Crippen molar-refractivity contribution in [1.82, 2.24) is 20.5 Å². The average Bonchev–Trinajstić information content (AvgIpc) is 3.22. The molecule has 1 aromatic heterocycles. The van der Waals surface area contributed by atoms with Gasteiger partial charge in [0.15, 0.2) is 8.32 Å². The van der Waals surface area contributed by atoms with Crippen molar-refractivity contribution in [3.63, 3.8) is 0 Å². The minimum absolute atomic E-state index is 0.0137. The number of pyridine rings is 1. The topological polar surface area (TPSA) is 133 Å². The first-order chi connectivity index (χ1) is 28.2. The number of amides is 1. The van der Waals surface area contributed by atoms with Crippen LogP contribution in [0.15, 0.2) is 53.3 Å². The molecule has 10 nitrogen and oxygen atoms in total. The highest BCUT2D eigenvalue weighted by Crippen LogP contribution is 2.43. The molecule has 322 valence electrons. The number of ether oxygens (including phenoxy) is 1. The van der Waals surface area contributed by atoms with E-state index in [0.717, 1.165) is 120 Å². The number of carbonyl (C=O) groups excluding carboxylic acids is 2. The van der Waals surface area contributed by atoms with Gasteiger partial charge in [-0.3, -0.25) is 19.3 Å². The number of rotatable bonds is 15. The maximum Gasteiger partial charge on any atom is 0.316 e. The van der Waals surface area contributed by atoms with Gasteiger partial charge in [0, 0.05) is 37.0 Å². The van der Waals surface area contributed by atoms with E-state index in [1.165, 1.54) is 18.1 Å². The Morgan fingerprint density at radius 1 is 0.983 bits per heavy atom. The Morgan fingerprint density at radius 3 is 2.42 bits per heavy atom. The highest BCUT2D eigenvalue weighted by molar-refractivity contribution is 6.74. The normalized spacial score (nSPS) is 25.1. The number of aromatic hydroxyl groups is 1. The summed E-state index contributed by atoms with van der Waals surface area (Å²) in [5, 5.41) is 18.4. The molecule has 5 aliphatic rings. The van der Waals surface area contributed by atoms with Crippen molar-refractivity contribution in [3.05, 3.63) is 75.6 Å². The molecule has 3 saturated heterocycles. The molecule has 1 amide bonds. The smallest absolute Gasteiger partial charge is 0.316 e. The Morgan fingerprint density at radius 2 is 1.73 bits per heavy atom. The second-order valence-electron chi connectivity index (χ2n) is 19.9. The third kappa shape index (κ3) is 10.3. The third-order valence-corrected chi connectivity index (χ3v) is 19.3. The molecule has 0 radical (unpaired) electrons. The summed E-state index contributed by atoms with van der Waals surface area (Å²) in [5.74, 6) is 1.18. The summed E-state index contributed by atoms with van der Waals surface area (Å²) in [6.07, 6.45) is 13.1. The van der Waals surface area contributed by atoms with Gasteiger partial charge in [0.1, 0.15) is 11.9 Å². The van der Waals surface area contributed by atoms with Crippen molar-refractivity contribution in [2.75, 3.05) is 32.7 Å². The van der Waals surface area contributed by atoms with Crippen molar-refractivity contribution < 1.29 is 23.9 Å². The number of benzene rings is 2. The molecule has 2 saturated carbocycles. The molecule has 0 spiro atoms. The minimum Gasteiger partial charge on any atom is -0.506 e. The monoisotopic (exact) mass is 827 g/mol. The first-order valence-corrected chi connectivity index (χ1v) is 25.7. The number of hydrogen-bond acceptors (Lipinski definition) is 8. The van der Waals surface area contributed by atoms with Crippen LogP contribution in [0, 0.1) is 11.8 Å². The van der Waals surface area contributed by atoms with Gasteiger partial charge in [-0.25, -0.2) is 0 Å². The molecule has 2 atom stereocenters. The number of aryl methyl sites for hydroxylation is 1. The number of nitrogens with zero attached hydrogens (tertiary/aromatic N) is 1. The third-order valence-electron chi connectivity index (χ3n) is 14.8. The van der Waals surface area contributed by atoms with Crippen LogP contribution in [0.25, 0.3) is 10.9 Å². The number of aromatic amines is 1.